The minimum absolute atomic E-state index is 0.0470. The van der Waals surface area contributed by atoms with Crippen molar-refractivity contribution in [3.05, 3.63) is 0 Å². The highest BCUT2D eigenvalue weighted by Crippen LogP contribution is 2.36. The summed E-state index contributed by atoms with van der Waals surface area (Å²) in [5.74, 6) is -0.709. The largest absolute Gasteiger partial charge is 0.481 e. The number of carboxylic acid groups (broad SMARTS) is 1. The van der Waals surface area contributed by atoms with Crippen LogP contribution in [0, 0.1) is 5.41 Å². The van der Waals surface area contributed by atoms with E-state index in [4.69, 9.17) is 0 Å². The van der Waals surface area contributed by atoms with Crippen LogP contribution in [-0.4, -0.2) is 41.1 Å². The second-order valence-electron chi connectivity index (χ2n) is 5.79. The van der Waals surface area contributed by atoms with Gasteiger partial charge in [-0.2, -0.15) is 0 Å². The smallest absolute Gasteiger partial charge is 0.317 e. The van der Waals surface area contributed by atoms with Crippen LogP contribution in [-0.2, 0) is 4.79 Å². The third-order valence-corrected chi connectivity index (χ3v) is 4.50. The molecule has 0 atom stereocenters. The molecule has 1 aliphatic rings. The molecule has 0 radical (unpaired) electrons. The fourth-order valence-corrected chi connectivity index (χ4v) is 2.95. The average molecular weight is 284 g/mol. The zero-order valence-electron chi connectivity index (χ0n) is 12.9. The summed E-state index contributed by atoms with van der Waals surface area (Å²) in [5.41, 5.74) is -0.625. The van der Waals surface area contributed by atoms with Gasteiger partial charge in [-0.15, -0.1) is 0 Å². The highest BCUT2D eigenvalue weighted by atomic mass is 16.4. The molecule has 20 heavy (non-hydrogen) atoms. The Morgan fingerprint density at radius 2 is 1.75 bits per heavy atom. The fraction of sp³-hybridized carbons (Fsp3) is 0.867. The number of hydrogen-bond acceptors (Lipinski definition) is 2. The summed E-state index contributed by atoms with van der Waals surface area (Å²) in [5, 5.41) is 12.5. The predicted octanol–water partition coefficient (Wildman–Crippen LogP) is 2.85. The molecule has 0 aliphatic carbocycles. The Balaban J connectivity index is 2.56. The highest BCUT2D eigenvalue weighted by molar-refractivity contribution is 5.77. The van der Waals surface area contributed by atoms with Gasteiger partial charge in [-0.05, 0) is 32.1 Å². The maximum atomic E-state index is 12.1. The SMILES string of the molecule is CCCC1(C(=O)O)CCN(C(=O)NC(CC)CC)CC1. The van der Waals surface area contributed by atoms with Crippen molar-refractivity contribution in [2.45, 2.75) is 65.3 Å². The first kappa shape index (κ1) is 16.8. The fourth-order valence-electron chi connectivity index (χ4n) is 2.95. The van der Waals surface area contributed by atoms with E-state index < -0.39 is 11.4 Å². The van der Waals surface area contributed by atoms with Crippen molar-refractivity contribution in [3.8, 4) is 0 Å². The number of amides is 2. The van der Waals surface area contributed by atoms with Crippen molar-refractivity contribution in [2.24, 2.45) is 5.41 Å². The number of urea groups is 1. The molecule has 1 saturated heterocycles. The first-order valence-corrected chi connectivity index (χ1v) is 7.78. The lowest BCUT2D eigenvalue weighted by Crippen LogP contribution is -2.51. The number of carbonyl (C=O) groups is 2. The molecule has 2 amide bonds. The Morgan fingerprint density at radius 3 is 2.15 bits per heavy atom. The molecule has 5 heteroatoms. The molecule has 0 spiro atoms. The lowest BCUT2D eigenvalue weighted by atomic mass is 9.75. The van der Waals surface area contributed by atoms with Crippen molar-refractivity contribution in [3.63, 3.8) is 0 Å². The number of carboxylic acids is 1. The van der Waals surface area contributed by atoms with Gasteiger partial charge in [0.15, 0.2) is 0 Å². The van der Waals surface area contributed by atoms with Crippen molar-refractivity contribution in [2.75, 3.05) is 13.1 Å². The Labute approximate surface area is 121 Å². The van der Waals surface area contributed by atoms with Gasteiger partial charge in [-0.3, -0.25) is 4.79 Å². The van der Waals surface area contributed by atoms with Gasteiger partial charge in [0, 0.05) is 19.1 Å². The standard InChI is InChI=1S/C15H28N2O3/c1-4-7-15(13(18)19)8-10-17(11-9-15)14(20)16-12(5-2)6-3/h12H,4-11H2,1-3H3,(H,16,20)(H,18,19). The summed E-state index contributed by atoms with van der Waals surface area (Å²) in [4.78, 5) is 25.4. The monoisotopic (exact) mass is 284 g/mol. The number of piperidine rings is 1. The topological polar surface area (TPSA) is 69.6 Å². The molecule has 116 valence electrons. The lowest BCUT2D eigenvalue weighted by Gasteiger charge is -2.39. The number of aliphatic carboxylic acids is 1. The van der Waals surface area contributed by atoms with Crippen LogP contribution in [0.1, 0.15) is 59.3 Å². The molecule has 1 rings (SSSR count). The van der Waals surface area contributed by atoms with Gasteiger partial charge in [-0.25, -0.2) is 4.79 Å². The lowest BCUT2D eigenvalue weighted by molar-refractivity contribution is -0.152. The summed E-state index contributed by atoms with van der Waals surface area (Å²) in [6.07, 6.45) is 4.53. The van der Waals surface area contributed by atoms with Crippen LogP contribution in [0.25, 0.3) is 0 Å². The Kier molecular flexibility index (Phi) is 6.30. The molecule has 0 aromatic heterocycles. The molecule has 2 N–H and O–H groups in total. The van der Waals surface area contributed by atoms with Crippen LogP contribution in [0.15, 0.2) is 0 Å². The Morgan fingerprint density at radius 1 is 1.20 bits per heavy atom. The van der Waals surface area contributed by atoms with E-state index in [0.29, 0.717) is 32.4 Å². The summed E-state index contributed by atoms with van der Waals surface area (Å²) in [6, 6.07) is 0.165. The number of nitrogens with one attached hydrogen (secondary N) is 1. The second kappa shape index (κ2) is 7.50. The molecule has 1 aliphatic heterocycles. The minimum atomic E-state index is -0.709. The molecule has 0 aromatic carbocycles. The van der Waals surface area contributed by atoms with E-state index in [0.717, 1.165) is 19.3 Å². The molecule has 0 saturated carbocycles. The van der Waals surface area contributed by atoms with E-state index in [-0.39, 0.29) is 12.1 Å². The van der Waals surface area contributed by atoms with Gasteiger partial charge in [0.2, 0.25) is 0 Å². The summed E-state index contributed by atoms with van der Waals surface area (Å²) in [7, 11) is 0. The maximum Gasteiger partial charge on any atom is 0.317 e. The van der Waals surface area contributed by atoms with Crippen LogP contribution >= 0.6 is 0 Å². The third kappa shape index (κ3) is 3.87. The van der Waals surface area contributed by atoms with E-state index in [9.17, 15) is 14.7 Å². The number of nitrogens with zero attached hydrogens (tertiary/aromatic N) is 1. The van der Waals surface area contributed by atoms with E-state index in [1.165, 1.54) is 0 Å². The van der Waals surface area contributed by atoms with E-state index in [1.807, 2.05) is 6.92 Å². The zero-order chi connectivity index (χ0) is 15.2. The van der Waals surface area contributed by atoms with Crippen molar-refractivity contribution in [1.82, 2.24) is 10.2 Å². The minimum Gasteiger partial charge on any atom is -0.481 e. The normalized spacial score (nSPS) is 18.1. The first-order valence-electron chi connectivity index (χ1n) is 7.78. The summed E-state index contributed by atoms with van der Waals surface area (Å²) in [6.45, 7) is 7.20. The third-order valence-electron chi connectivity index (χ3n) is 4.50. The molecule has 5 nitrogen and oxygen atoms in total. The molecule has 0 unspecified atom stereocenters. The van der Waals surface area contributed by atoms with Crippen LogP contribution < -0.4 is 5.32 Å². The molecule has 0 bridgehead atoms. The van der Waals surface area contributed by atoms with E-state index >= 15 is 0 Å². The van der Waals surface area contributed by atoms with Crippen LogP contribution in [0.3, 0.4) is 0 Å². The van der Waals surface area contributed by atoms with Crippen molar-refractivity contribution >= 4 is 12.0 Å². The van der Waals surface area contributed by atoms with Crippen molar-refractivity contribution < 1.29 is 14.7 Å². The van der Waals surface area contributed by atoms with Gasteiger partial charge >= 0.3 is 12.0 Å². The van der Waals surface area contributed by atoms with E-state index in [2.05, 4.69) is 19.2 Å². The second-order valence-corrected chi connectivity index (χ2v) is 5.79. The van der Waals surface area contributed by atoms with Gasteiger partial charge in [0.05, 0.1) is 5.41 Å². The number of carbonyl (C=O) groups excluding carboxylic acids is 1. The maximum absolute atomic E-state index is 12.1. The molecule has 1 heterocycles. The first-order chi connectivity index (χ1) is 9.49. The molecule has 1 fully saturated rings. The molecular formula is C15H28N2O3. The Bertz CT molecular complexity index is 332. The van der Waals surface area contributed by atoms with Gasteiger partial charge < -0.3 is 15.3 Å². The zero-order valence-corrected chi connectivity index (χ0v) is 12.9. The number of likely N-dealkylation sites (tertiary alicyclic amines) is 1. The van der Waals surface area contributed by atoms with Crippen molar-refractivity contribution in [1.29, 1.82) is 0 Å². The molecule has 0 aromatic rings. The van der Waals surface area contributed by atoms with E-state index in [1.54, 1.807) is 4.90 Å². The number of hydrogen-bond donors (Lipinski definition) is 2. The van der Waals surface area contributed by atoms with Crippen LogP contribution in [0.4, 0.5) is 4.79 Å². The van der Waals surface area contributed by atoms with Gasteiger partial charge in [-0.1, -0.05) is 27.2 Å². The average Bonchev–Trinajstić information content (AvgIpc) is 2.45. The number of rotatable bonds is 6. The Hall–Kier alpha value is -1.26. The summed E-state index contributed by atoms with van der Waals surface area (Å²) < 4.78 is 0. The highest BCUT2D eigenvalue weighted by Gasteiger charge is 2.41. The van der Waals surface area contributed by atoms with Crippen LogP contribution in [0.2, 0.25) is 0 Å². The summed E-state index contributed by atoms with van der Waals surface area (Å²) >= 11 is 0. The quantitative estimate of drug-likeness (QED) is 0.788. The predicted molar refractivity (Wildman–Crippen MR) is 78.7 cm³/mol. The molecular weight excluding hydrogens is 256 g/mol. The van der Waals surface area contributed by atoms with Gasteiger partial charge in [0.1, 0.15) is 0 Å². The van der Waals surface area contributed by atoms with Crippen LogP contribution in [0.5, 0.6) is 0 Å². The van der Waals surface area contributed by atoms with Gasteiger partial charge in [0.25, 0.3) is 0 Å².